The van der Waals surface area contributed by atoms with Crippen molar-refractivity contribution in [3.63, 3.8) is 0 Å². The Labute approximate surface area is 201 Å². The molecule has 2 unspecified atom stereocenters. The molecule has 0 spiro atoms. The Morgan fingerprint density at radius 3 is 2.69 bits per heavy atom. The van der Waals surface area contributed by atoms with Crippen molar-refractivity contribution >= 4 is 24.8 Å². The van der Waals surface area contributed by atoms with Crippen molar-refractivity contribution in [3.05, 3.63) is 12.7 Å². The monoisotopic (exact) mass is 522 g/mol. The summed E-state index contributed by atoms with van der Waals surface area (Å²) in [5.41, 5.74) is 11.9. The summed E-state index contributed by atoms with van der Waals surface area (Å²) in [5.74, 6) is 0.155. The zero-order chi connectivity index (χ0) is 25.3. The molecule has 2 aromatic rings. The lowest BCUT2D eigenvalue weighted by Crippen LogP contribution is -2.38. The van der Waals surface area contributed by atoms with Gasteiger partial charge in [0.05, 0.1) is 46.0 Å². The summed E-state index contributed by atoms with van der Waals surface area (Å²) in [6, 6.07) is 0. The van der Waals surface area contributed by atoms with Crippen LogP contribution < -0.4 is 11.5 Å². The summed E-state index contributed by atoms with van der Waals surface area (Å²) in [6.07, 6.45) is -1.64. The number of imidazole rings is 1. The van der Waals surface area contributed by atoms with Crippen molar-refractivity contribution in [2.24, 2.45) is 5.73 Å². The molecule has 35 heavy (non-hydrogen) atoms. The van der Waals surface area contributed by atoms with Crippen LogP contribution in [0.2, 0.25) is 0 Å². The minimum Gasteiger partial charge on any atom is -0.394 e. The smallest absolute Gasteiger partial charge is 0.394 e. The number of nitrogens with two attached hydrogens (primary N) is 2. The molecule has 6 N–H and O–H groups in total. The highest BCUT2D eigenvalue weighted by atomic mass is 31.2. The van der Waals surface area contributed by atoms with Gasteiger partial charge < -0.3 is 45.2 Å². The summed E-state index contributed by atoms with van der Waals surface area (Å²) in [4.78, 5) is 22.5. The number of aromatic nitrogens is 4. The van der Waals surface area contributed by atoms with Crippen LogP contribution in [0.1, 0.15) is 6.23 Å². The Hall–Kier alpha value is -1.82. The summed E-state index contributed by atoms with van der Waals surface area (Å²) in [5, 5.41) is 9.91. The molecule has 1 saturated heterocycles. The predicted molar refractivity (Wildman–Crippen MR) is 119 cm³/mol. The number of hydrogen-bond donors (Lipinski definition) is 4. The molecule has 1 aliphatic rings. The number of nitrogen functional groups attached to an aromatic ring is 1. The first kappa shape index (κ1) is 27.8. The zero-order valence-electron chi connectivity index (χ0n) is 19.2. The third-order valence-corrected chi connectivity index (χ3v) is 5.92. The maximum absolute atomic E-state index is 12.5. The third kappa shape index (κ3) is 7.34. The van der Waals surface area contributed by atoms with Gasteiger partial charge in [-0.05, 0) is 0 Å². The van der Waals surface area contributed by atoms with Crippen LogP contribution in [0.25, 0.3) is 11.2 Å². The van der Waals surface area contributed by atoms with Crippen molar-refractivity contribution in [1.82, 2.24) is 19.5 Å². The minimum atomic E-state index is -4.57. The molecule has 0 amide bonds. The molecular weight excluding hydrogens is 491 g/mol. The molecule has 1 fully saturated rings. The molecule has 2 aromatic heterocycles. The summed E-state index contributed by atoms with van der Waals surface area (Å²) in [6.45, 7) is 0.392. The molecule has 0 aromatic carbocycles. The number of aliphatic hydroxyl groups is 1. The average Bonchev–Trinajstić information content (AvgIpc) is 3.40. The highest BCUT2D eigenvalue weighted by Gasteiger charge is 2.50. The van der Waals surface area contributed by atoms with E-state index in [1.807, 2.05) is 0 Å². The summed E-state index contributed by atoms with van der Waals surface area (Å²) in [7, 11) is -3.15. The van der Waals surface area contributed by atoms with Gasteiger partial charge in [-0.25, -0.2) is 19.5 Å². The number of nitrogens with zero attached hydrogens (tertiary/aromatic N) is 4. The number of anilines is 1. The minimum absolute atomic E-state index is 0.0727. The van der Waals surface area contributed by atoms with Crippen molar-refractivity contribution in [1.29, 1.82) is 0 Å². The van der Waals surface area contributed by atoms with Crippen LogP contribution in [0.4, 0.5) is 5.82 Å². The van der Waals surface area contributed by atoms with Gasteiger partial charge in [0.25, 0.3) is 0 Å². The van der Waals surface area contributed by atoms with E-state index in [-0.39, 0.29) is 32.4 Å². The van der Waals surface area contributed by atoms with E-state index < -0.39 is 39.0 Å². The molecular formula is C18H31N6O10P. The van der Waals surface area contributed by atoms with Crippen LogP contribution in [-0.4, -0.2) is 108 Å². The first-order valence-electron chi connectivity index (χ1n) is 10.7. The number of hydrogen-bond acceptors (Lipinski definition) is 14. The SMILES string of the molecule is COCCOP(=O)(O)O[C@@H]1C(OCOCCOCCN)[C@H](n2cnc3c(N)ncnc32)O[C@@H]1CO. The Morgan fingerprint density at radius 1 is 1.14 bits per heavy atom. The normalized spacial score (nSPS) is 24.2. The Balaban J connectivity index is 1.79. The van der Waals surface area contributed by atoms with Gasteiger partial charge >= 0.3 is 7.82 Å². The maximum Gasteiger partial charge on any atom is 0.472 e. The van der Waals surface area contributed by atoms with Gasteiger partial charge in [0.2, 0.25) is 0 Å². The second kappa shape index (κ2) is 13.5. The van der Waals surface area contributed by atoms with Crippen LogP contribution >= 0.6 is 7.82 Å². The number of phosphoric ester groups is 1. The number of aliphatic hydroxyl groups excluding tert-OH is 1. The molecule has 5 atom stereocenters. The molecule has 0 saturated carbocycles. The fourth-order valence-corrected chi connectivity index (χ4v) is 4.28. The standard InChI is InChI=1S/C18H31N6O10P/c1-28-4-7-32-35(26,27)34-14-12(8-25)33-18(15(14)31-11-30-6-5-29-3-2-19)24-10-23-13-16(20)21-9-22-17(13)24/h9-10,12,14-15,18,25H,2-8,11,19H2,1H3,(H,26,27)(H2,20,21,22)/t12-,14+,15?,18-/m1/s1. The van der Waals surface area contributed by atoms with Gasteiger partial charge in [0.15, 0.2) is 17.7 Å². The second-order valence-electron chi connectivity index (χ2n) is 7.25. The van der Waals surface area contributed by atoms with E-state index in [9.17, 15) is 14.6 Å². The van der Waals surface area contributed by atoms with E-state index in [2.05, 4.69) is 15.0 Å². The highest BCUT2D eigenvalue weighted by Crippen LogP contribution is 2.49. The molecule has 1 aliphatic heterocycles. The van der Waals surface area contributed by atoms with Gasteiger partial charge in [0.1, 0.15) is 36.9 Å². The highest BCUT2D eigenvalue weighted by molar-refractivity contribution is 7.47. The Kier molecular flexibility index (Phi) is 10.7. The first-order valence-corrected chi connectivity index (χ1v) is 12.2. The maximum atomic E-state index is 12.5. The van der Waals surface area contributed by atoms with Crippen LogP contribution in [0.3, 0.4) is 0 Å². The zero-order valence-corrected chi connectivity index (χ0v) is 20.1. The first-order chi connectivity index (χ1) is 16.9. The van der Waals surface area contributed by atoms with E-state index >= 15 is 0 Å². The quantitative estimate of drug-likeness (QED) is 0.115. The Morgan fingerprint density at radius 2 is 1.94 bits per heavy atom. The van der Waals surface area contributed by atoms with Gasteiger partial charge in [0, 0.05) is 13.7 Å². The lowest BCUT2D eigenvalue weighted by Gasteiger charge is -2.26. The van der Waals surface area contributed by atoms with Gasteiger partial charge in [-0.1, -0.05) is 0 Å². The predicted octanol–water partition coefficient (Wildman–Crippen LogP) is -1.22. The molecule has 17 heteroatoms. The third-order valence-electron chi connectivity index (χ3n) is 4.90. The van der Waals surface area contributed by atoms with Crippen molar-refractivity contribution in [3.8, 4) is 0 Å². The lowest BCUT2D eigenvalue weighted by atomic mass is 10.1. The fourth-order valence-electron chi connectivity index (χ4n) is 3.35. The van der Waals surface area contributed by atoms with Crippen LogP contribution in [0.5, 0.6) is 0 Å². The number of phosphoric acid groups is 1. The molecule has 0 bridgehead atoms. The molecule has 16 nitrogen and oxygen atoms in total. The molecule has 198 valence electrons. The van der Waals surface area contributed by atoms with Gasteiger partial charge in [-0.15, -0.1) is 0 Å². The molecule has 0 aliphatic carbocycles. The second-order valence-corrected chi connectivity index (χ2v) is 8.66. The van der Waals surface area contributed by atoms with Crippen molar-refractivity contribution in [2.75, 3.05) is 65.8 Å². The van der Waals surface area contributed by atoms with Crippen LogP contribution in [-0.2, 0) is 37.3 Å². The van der Waals surface area contributed by atoms with E-state index in [1.165, 1.54) is 24.3 Å². The number of fused-ring (bicyclic) bond motifs is 1. The topological polar surface area (TPSA) is 218 Å². The van der Waals surface area contributed by atoms with Crippen molar-refractivity contribution < 1.29 is 47.3 Å². The summed E-state index contributed by atoms with van der Waals surface area (Å²) < 4.78 is 51.6. The molecule has 3 rings (SSSR count). The Bertz CT molecular complexity index is 967. The van der Waals surface area contributed by atoms with Gasteiger partial charge in [-0.2, -0.15) is 0 Å². The number of ether oxygens (including phenoxy) is 5. The van der Waals surface area contributed by atoms with E-state index in [0.29, 0.717) is 30.9 Å². The lowest BCUT2D eigenvalue weighted by molar-refractivity contribution is -0.142. The average molecular weight is 522 g/mol. The number of rotatable bonds is 16. The van der Waals surface area contributed by atoms with E-state index in [1.54, 1.807) is 0 Å². The van der Waals surface area contributed by atoms with Crippen molar-refractivity contribution in [2.45, 2.75) is 24.5 Å². The molecule has 0 radical (unpaired) electrons. The molecule has 3 heterocycles. The van der Waals surface area contributed by atoms with E-state index in [0.717, 1.165) is 0 Å². The van der Waals surface area contributed by atoms with Crippen LogP contribution in [0, 0.1) is 0 Å². The van der Waals surface area contributed by atoms with E-state index in [4.69, 9.17) is 44.2 Å². The number of methoxy groups -OCH3 is 1. The van der Waals surface area contributed by atoms with Crippen LogP contribution in [0.15, 0.2) is 12.7 Å². The largest absolute Gasteiger partial charge is 0.472 e. The van der Waals surface area contributed by atoms with Gasteiger partial charge in [-0.3, -0.25) is 13.6 Å². The summed E-state index contributed by atoms with van der Waals surface area (Å²) >= 11 is 0. The fraction of sp³-hybridized carbons (Fsp3) is 0.722.